The summed E-state index contributed by atoms with van der Waals surface area (Å²) in [6.45, 7) is 4.83. The zero-order chi connectivity index (χ0) is 58.4. The maximum Gasteiger partial charge on any atom is 0.472 e. The summed E-state index contributed by atoms with van der Waals surface area (Å²) in [6.07, 6.45) is 84.2. The average Bonchev–Trinajstić information content (AvgIpc) is 3.42. The Morgan fingerprint density at radius 3 is 1.00 bits per heavy atom. The molecule has 0 aliphatic heterocycles. The van der Waals surface area contributed by atoms with Crippen LogP contribution in [0.5, 0.6) is 0 Å². The van der Waals surface area contributed by atoms with Crippen molar-refractivity contribution in [3.05, 3.63) is 48.6 Å². The first kappa shape index (κ1) is 78.5. The Hall–Kier alpha value is -1.54. The standard InChI is InChI=1S/C71H137N2O6P/c1-6-8-10-12-14-16-18-20-22-24-26-28-30-31-32-33-34-35-36-37-38-39-40-41-43-45-47-49-51-53-55-57-59-61-63-65-71(75)72-69(68-79-80(76,77)78-67-66-73(3,4)5)70(74)64-62-60-58-56-54-52-50-48-46-44-42-29-27-25-23-21-19-17-15-13-11-9-7-2/h24,26,46,48,54,56,62,64,69-70,74H,6-23,25,27-45,47,49-53,55,57-61,63,65-68H2,1-5H3,(H-,72,75,76,77)/p+1/b26-24-,48-46+,56-54+,64-62+. The second-order valence-corrected chi connectivity index (χ2v) is 26.7. The highest BCUT2D eigenvalue weighted by molar-refractivity contribution is 7.47. The predicted octanol–water partition coefficient (Wildman–Crippen LogP) is 22.2. The third kappa shape index (κ3) is 64.0. The summed E-state index contributed by atoms with van der Waals surface area (Å²) in [5, 5.41) is 14.0. The fourth-order valence-corrected chi connectivity index (χ4v) is 11.3. The van der Waals surface area contributed by atoms with Crippen LogP contribution in [0.4, 0.5) is 0 Å². The number of phosphoric ester groups is 1. The first-order valence-electron chi connectivity index (χ1n) is 35.0. The molecule has 0 radical (unpaired) electrons. The Labute approximate surface area is 499 Å². The van der Waals surface area contributed by atoms with E-state index < -0.39 is 20.0 Å². The fraction of sp³-hybridized carbons (Fsp3) is 0.873. The van der Waals surface area contributed by atoms with Gasteiger partial charge in [0, 0.05) is 6.42 Å². The molecule has 0 rings (SSSR count). The molecule has 0 aromatic carbocycles. The highest BCUT2D eigenvalue weighted by Crippen LogP contribution is 2.43. The predicted molar refractivity (Wildman–Crippen MR) is 351 cm³/mol. The number of amides is 1. The zero-order valence-electron chi connectivity index (χ0n) is 54.1. The maximum atomic E-state index is 13.0. The minimum atomic E-state index is -4.36. The van der Waals surface area contributed by atoms with Gasteiger partial charge in [0.2, 0.25) is 5.91 Å². The molecule has 0 saturated carbocycles. The third-order valence-electron chi connectivity index (χ3n) is 16.0. The molecule has 0 heterocycles. The molecule has 0 aliphatic carbocycles. The SMILES string of the molecule is CCCCCCCCCC/C=C\CCCCCCCCCCCCCCCCCCCCCCCCCC(=O)NC(COP(=O)(O)OCC[N+](C)(C)C)C(O)/C=C/CC/C=C/CC/C=C/CCCCCCCCCCCCCCC. The van der Waals surface area contributed by atoms with Crippen LogP contribution >= 0.6 is 7.82 Å². The molecule has 1 amide bonds. The molecule has 3 atom stereocenters. The van der Waals surface area contributed by atoms with Crippen molar-refractivity contribution in [2.24, 2.45) is 0 Å². The van der Waals surface area contributed by atoms with Crippen LogP contribution in [0.3, 0.4) is 0 Å². The molecule has 472 valence electrons. The van der Waals surface area contributed by atoms with Crippen molar-refractivity contribution >= 4 is 13.7 Å². The topological polar surface area (TPSA) is 105 Å². The van der Waals surface area contributed by atoms with E-state index in [9.17, 15) is 19.4 Å². The molecule has 0 aliphatic rings. The molecule has 0 spiro atoms. The monoisotopic (exact) mass is 1150 g/mol. The number of aliphatic hydroxyl groups excluding tert-OH is 1. The highest BCUT2D eigenvalue weighted by Gasteiger charge is 2.28. The number of rotatable bonds is 65. The van der Waals surface area contributed by atoms with E-state index in [1.54, 1.807) is 6.08 Å². The smallest absolute Gasteiger partial charge is 0.387 e. The van der Waals surface area contributed by atoms with Gasteiger partial charge in [0.1, 0.15) is 13.2 Å². The molecule has 3 unspecified atom stereocenters. The summed E-state index contributed by atoms with van der Waals surface area (Å²) in [5.74, 6) is -0.185. The zero-order valence-corrected chi connectivity index (χ0v) is 55.0. The molecular formula is C71H138N2O6P+. The number of carbonyl (C=O) groups is 1. The second-order valence-electron chi connectivity index (χ2n) is 25.2. The van der Waals surface area contributed by atoms with Gasteiger partial charge in [-0.05, 0) is 70.6 Å². The maximum absolute atomic E-state index is 13.0. The number of phosphoric acid groups is 1. The Balaban J connectivity index is 4.04. The van der Waals surface area contributed by atoms with Gasteiger partial charge in [-0.1, -0.05) is 319 Å². The summed E-state index contributed by atoms with van der Waals surface area (Å²) >= 11 is 0. The van der Waals surface area contributed by atoms with E-state index in [1.165, 1.54) is 283 Å². The van der Waals surface area contributed by atoms with Crippen LogP contribution in [0.25, 0.3) is 0 Å². The number of nitrogens with one attached hydrogen (secondary N) is 1. The van der Waals surface area contributed by atoms with Crippen molar-refractivity contribution in [2.75, 3.05) is 40.9 Å². The summed E-state index contributed by atoms with van der Waals surface area (Å²) in [6, 6.07) is -0.870. The second kappa shape index (κ2) is 62.0. The highest BCUT2D eigenvalue weighted by atomic mass is 31.2. The minimum Gasteiger partial charge on any atom is -0.387 e. The molecule has 0 aromatic heterocycles. The summed E-state index contributed by atoms with van der Waals surface area (Å²) < 4.78 is 23.8. The molecule has 0 aromatic rings. The lowest BCUT2D eigenvalue weighted by molar-refractivity contribution is -0.870. The van der Waals surface area contributed by atoms with Gasteiger partial charge in [0.25, 0.3) is 0 Å². The lowest BCUT2D eigenvalue weighted by Gasteiger charge is -2.25. The molecule has 0 fully saturated rings. The van der Waals surface area contributed by atoms with Crippen LogP contribution in [0, 0.1) is 0 Å². The molecule has 0 saturated heterocycles. The number of likely N-dealkylation sites (N-methyl/N-ethyl adjacent to an activating group) is 1. The van der Waals surface area contributed by atoms with Crippen molar-refractivity contribution in [2.45, 2.75) is 360 Å². The van der Waals surface area contributed by atoms with Crippen LogP contribution in [-0.4, -0.2) is 73.4 Å². The van der Waals surface area contributed by atoms with Gasteiger partial charge in [0.15, 0.2) is 0 Å². The lowest BCUT2D eigenvalue weighted by atomic mass is 10.0. The van der Waals surface area contributed by atoms with Crippen molar-refractivity contribution in [3.8, 4) is 0 Å². The number of hydrogen-bond acceptors (Lipinski definition) is 5. The number of aliphatic hydroxyl groups is 1. The number of nitrogens with zero attached hydrogens (tertiary/aromatic N) is 1. The van der Waals surface area contributed by atoms with Crippen LogP contribution in [0.2, 0.25) is 0 Å². The Morgan fingerprint density at radius 1 is 0.412 bits per heavy atom. The third-order valence-corrected chi connectivity index (χ3v) is 17.0. The average molecular weight is 1150 g/mol. The minimum absolute atomic E-state index is 0.0545. The Morgan fingerprint density at radius 2 is 0.688 bits per heavy atom. The lowest BCUT2D eigenvalue weighted by Crippen LogP contribution is -2.45. The molecular weight excluding hydrogens is 1010 g/mol. The first-order chi connectivity index (χ1) is 39.0. The van der Waals surface area contributed by atoms with E-state index in [0.717, 1.165) is 44.9 Å². The van der Waals surface area contributed by atoms with Gasteiger partial charge in [-0.15, -0.1) is 0 Å². The van der Waals surface area contributed by atoms with Gasteiger partial charge in [-0.25, -0.2) is 4.57 Å². The van der Waals surface area contributed by atoms with E-state index in [2.05, 4.69) is 55.6 Å². The van der Waals surface area contributed by atoms with E-state index in [4.69, 9.17) is 9.05 Å². The van der Waals surface area contributed by atoms with Crippen LogP contribution in [0.15, 0.2) is 48.6 Å². The molecule has 0 bridgehead atoms. The fourth-order valence-electron chi connectivity index (χ4n) is 10.5. The van der Waals surface area contributed by atoms with Gasteiger partial charge < -0.3 is 19.8 Å². The van der Waals surface area contributed by atoms with Crippen molar-refractivity contribution < 1.29 is 32.9 Å². The summed E-state index contributed by atoms with van der Waals surface area (Å²) in [4.78, 5) is 23.4. The Bertz CT molecular complexity index is 1440. The number of carbonyl (C=O) groups excluding carboxylic acids is 1. The molecule has 80 heavy (non-hydrogen) atoms. The van der Waals surface area contributed by atoms with Gasteiger partial charge >= 0.3 is 7.82 Å². The van der Waals surface area contributed by atoms with Gasteiger partial charge in [0.05, 0.1) is 39.9 Å². The number of allylic oxidation sites excluding steroid dienone is 7. The molecule has 8 nitrogen and oxygen atoms in total. The normalized spacial score (nSPS) is 13.9. The van der Waals surface area contributed by atoms with E-state index in [0.29, 0.717) is 17.4 Å². The Kier molecular flexibility index (Phi) is 60.8. The number of unbranched alkanes of at least 4 members (excludes halogenated alkanes) is 46. The molecule has 9 heteroatoms. The van der Waals surface area contributed by atoms with Gasteiger partial charge in [-0.2, -0.15) is 0 Å². The van der Waals surface area contributed by atoms with Crippen molar-refractivity contribution in [3.63, 3.8) is 0 Å². The number of hydrogen-bond donors (Lipinski definition) is 3. The quantitative estimate of drug-likeness (QED) is 0.0243. The molecule has 3 N–H and O–H groups in total. The summed E-state index contributed by atoms with van der Waals surface area (Å²) in [5.41, 5.74) is 0. The van der Waals surface area contributed by atoms with E-state index >= 15 is 0 Å². The van der Waals surface area contributed by atoms with Crippen molar-refractivity contribution in [1.29, 1.82) is 0 Å². The first-order valence-corrected chi connectivity index (χ1v) is 36.5. The van der Waals surface area contributed by atoms with Crippen LogP contribution in [0.1, 0.15) is 348 Å². The summed E-state index contributed by atoms with van der Waals surface area (Å²) in [7, 11) is 1.56. The van der Waals surface area contributed by atoms with Crippen LogP contribution < -0.4 is 5.32 Å². The largest absolute Gasteiger partial charge is 0.472 e. The van der Waals surface area contributed by atoms with Crippen LogP contribution in [-0.2, 0) is 18.4 Å². The van der Waals surface area contributed by atoms with Crippen molar-refractivity contribution in [1.82, 2.24) is 5.32 Å². The van der Waals surface area contributed by atoms with E-state index in [-0.39, 0.29) is 19.1 Å². The number of quaternary nitrogens is 1. The van der Waals surface area contributed by atoms with E-state index in [1.807, 2.05) is 27.2 Å². The van der Waals surface area contributed by atoms with Gasteiger partial charge in [-0.3, -0.25) is 13.8 Å².